The summed E-state index contributed by atoms with van der Waals surface area (Å²) < 4.78 is 0. The lowest BCUT2D eigenvalue weighted by molar-refractivity contribution is -0.122. The van der Waals surface area contributed by atoms with Gasteiger partial charge < -0.3 is 5.32 Å². The maximum Gasteiger partial charge on any atom is 0.262 e. The fraction of sp³-hybridized carbons (Fsp3) is 0.471. The molecule has 0 aromatic heterocycles. The molecule has 1 N–H and O–H groups in total. The van der Waals surface area contributed by atoms with Gasteiger partial charge in [-0.05, 0) is 30.9 Å². The smallest absolute Gasteiger partial charge is 0.262 e. The summed E-state index contributed by atoms with van der Waals surface area (Å²) in [7, 11) is 0. The topological polar surface area (TPSA) is 66.5 Å². The number of benzene rings is 1. The standard InChI is InChI=1S/C17H18Cl2N2O3/c1-9-4-2-3-5-14(9)20-15(22)8-21-16(23)10-6-12(18)13(19)7-11(10)17(21)24/h6-7,9,14H,2-5,8H2,1H3,(H,20,22)/t9-,14+/m0/s1. The van der Waals surface area contributed by atoms with Gasteiger partial charge in [-0.25, -0.2) is 0 Å². The lowest BCUT2D eigenvalue weighted by atomic mass is 9.86. The van der Waals surface area contributed by atoms with Crippen LogP contribution >= 0.6 is 23.2 Å². The van der Waals surface area contributed by atoms with Gasteiger partial charge in [-0.15, -0.1) is 0 Å². The maximum absolute atomic E-state index is 12.4. The first kappa shape index (κ1) is 17.2. The Morgan fingerprint density at radius 1 is 1.12 bits per heavy atom. The third-order valence-corrected chi connectivity index (χ3v) is 5.49. The van der Waals surface area contributed by atoms with Crippen LogP contribution < -0.4 is 5.32 Å². The molecule has 1 aromatic rings. The van der Waals surface area contributed by atoms with E-state index in [2.05, 4.69) is 12.2 Å². The molecule has 1 saturated carbocycles. The molecule has 2 aliphatic rings. The van der Waals surface area contributed by atoms with Gasteiger partial charge in [0.05, 0.1) is 21.2 Å². The molecular weight excluding hydrogens is 351 g/mol. The zero-order valence-corrected chi connectivity index (χ0v) is 14.8. The van der Waals surface area contributed by atoms with E-state index in [-0.39, 0.29) is 39.7 Å². The molecular formula is C17H18Cl2N2O3. The number of halogens is 2. The van der Waals surface area contributed by atoms with E-state index in [4.69, 9.17) is 23.2 Å². The molecule has 24 heavy (non-hydrogen) atoms. The Hall–Kier alpha value is -1.59. The number of nitrogens with zero attached hydrogens (tertiary/aromatic N) is 1. The second-order valence-electron chi connectivity index (χ2n) is 6.44. The van der Waals surface area contributed by atoms with Crippen molar-refractivity contribution in [1.29, 1.82) is 0 Å². The first-order valence-corrected chi connectivity index (χ1v) is 8.78. The number of hydrogen-bond donors (Lipinski definition) is 1. The molecule has 7 heteroatoms. The van der Waals surface area contributed by atoms with Crippen LogP contribution in [0.25, 0.3) is 0 Å². The monoisotopic (exact) mass is 368 g/mol. The molecule has 1 aliphatic heterocycles. The summed E-state index contributed by atoms with van der Waals surface area (Å²) in [5.41, 5.74) is 0.376. The molecule has 0 saturated heterocycles. The second-order valence-corrected chi connectivity index (χ2v) is 7.26. The van der Waals surface area contributed by atoms with Crippen LogP contribution in [0.3, 0.4) is 0 Å². The van der Waals surface area contributed by atoms with Crippen molar-refractivity contribution < 1.29 is 14.4 Å². The highest BCUT2D eigenvalue weighted by molar-refractivity contribution is 6.43. The Bertz CT molecular complexity index is 679. The molecule has 1 fully saturated rings. The van der Waals surface area contributed by atoms with Crippen molar-refractivity contribution in [3.05, 3.63) is 33.3 Å². The van der Waals surface area contributed by atoms with Crippen molar-refractivity contribution in [3.8, 4) is 0 Å². The third-order valence-electron chi connectivity index (χ3n) is 4.77. The number of fused-ring (bicyclic) bond motifs is 1. The van der Waals surface area contributed by atoms with Crippen LogP contribution in [0, 0.1) is 5.92 Å². The van der Waals surface area contributed by atoms with E-state index in [1.54, 1.807) is 0 Å². The highest BCUT2D eigenvalue weighted by Crippen LogP contribution is 2.31. The number of carbonyl (C=O) groups is 3. The van der Waals surface area contributed by atoms with Crippen LogP contribution in [-0.2, 0) is 4.79 Å². The summed E-state index contributed by atoms with van der Waals surface area (Å²) in [4.78, 5) is 38.0. The van der Waals surface area contributed by atoms with Gasteiger partial charge in [0.15, 0.2) is 0 Å². The fourth-order valence-corrected chi connectivity index (χ4v) is 3.68. The lowest BCUT2D eigenvalue weighted by Gasteiger charge is -2.30. The van der Waals surface area contributed by atoms with Gasteiger partial charge in [-0.2, -0.15) is 0 Å². The van der Waals surface area contributed by atoms with Gasteiger partial charge in [-0.3, -0.25) is 19.3 Å². The first-order chi connectivity index (χ1) is 11.4. The summed E-state index contributed by atoms with van der Waals surface area (Å²) in [6.07, 6.45) is 4.27. The summed E-state index contributed by atoms with van der Waals surface area (Å²) >= 11 is 11.8. The summed E-state index contributed by atoms with van der Waals surface area (Å²) in [5, 5.41) is 3.36. The molecule has 128 valence electrons. The molecule has 1 heterocycles. The van der Waals surface area contributed by atoms with Crippen molar-refractivity contribution >= 4 is 40.9 Å². The van der Waals surface area contributed by atoms with E-state index in [9.17, 15) is 14.4 Å². The third kappa shape index (κ3) is 3.15. The molecule has 5 nitrogen and oxygen atoms in total. The molecule has 3 rings (SSSR count). The average Bonchev–Trinajstić information content (AvgIpc) is 2.75. The van der Waals surface area contributed by atoms with Gasteiger partial charge in [-0.1, -0.05) is 43.0 Å². The van der Waals surface area contributed by atoms with Crippen LogP contribution in [0.1, 0.15) is 53.3 Å². The molecule has 1 aromatic carbocycles. The Balaban J connectivity index is 1.71. The Morgan fingerprint density at radius 3 is 2.21 bits per heavy atom. The number of imide groups is 1. The molecule has 3 amide bonds. The predicted octanol–water partition coefficient (Wildman–Crippen LogP) is 3.28. The Morgan fingerprint density at radius 2 is 1.67 bits per heavy atom. The van der Waals surface area contributed by atoms with Gasteiger partial charge in [0.1, 0.15) is 6.54 Å². The van der Waals surface area contributed by atoms with Crippen molar-refractivity contribution in [3.63, 3.8) is 0 Å². The van der Waals surface area contributed by atoms with Gasteiger partial charge in [0.2, 0.25) is 5.91 Å². The van der Waals surface area contributed by atoms with Crippen LogP contribution in [0.5, 0.6) is 0 Å². The molecule has 0 bridgehead atoms. The minimum absolute atomic E-state index is 0.102. The largest absolute Gasteiger partial charge is 0.352 e. The summed E-state index contributed by atoms with van der Waals surface area (Å²) in [6.45, 7) is 1.82. The fourth-order valence-electron chi connectivity index (χ4n) is 3.35. The molecule has 0 spiro atoms. The summed E-state index contributed by atoms with van der Waals surface area (Å²) in [6, 6.07) is 2.85. The number of hydrogen-bond acceptors (Lipinski definition) is 3. The second kappa shape index (κ2) is 6.73. The van der Waals surface area contributed by atoms with E-state index in [0.29, 0.717) is 5.92 Å². The highest BCUT2D eigenvalue weighted by atomic mass is 35.5. The van der Waals surface area contributed by atoms with E-state index in [1.807, 2.05) is 0 Å². The van der Waals surface area contributed by atoms with Crippen molar-refractivity contribution in [2.45, 2.75) is 38.6 Å². The van der Waals surface area contributed by atoms with E-state index in [0.717, 1.165) is 24.2 Å². The minimum atomic E-state index is -0.514. The highest BCUT2D eigenvalue weighted by Gasteiger charge is 2.37. The quantitative estimate of drug-likeness (QED) is 0.832. The number of carbonyl (C=O) groups excluding carboxylic acids is 3. The van der Waals surface area contributed by atoms with Gasteiger partial charge in [0.25, 0.3) is 11.8 Å². The van der Waals surface area contributed by atoms with Crippen LogP contribution in [0.4, 0.5) is 0 Å². The normalized spacial score (nSPS) is 23.4. The lowest BCUT2D eigenvalue weighted by Crippen LogP contribution is -2.46. The minimum Gasteiger partial charge on any atom is -0.352 e. The van der Waals surface area contributed by atoms with E-state index < -0.39 is 11.8 Å². The number of amides is 3. The van der Waals surface area contributed by atoms with Crippen molar-refractivity contribution in [1.82, 2.24) is 10.2 Å². The van der Waals surface area contributed by atoms with Gasteiger partial charge in [0, 0.05) is 6.04 Å². The zero-order valence-electron chi connectivity index (χ0n) is 13.3. The predicted molar refractivity (Wildman–Crippen MR) is 91.4 cm³/mol. The van der Waals surface area contributed by atoms with Gasteiger partial charge >= 0.3 is 0 Å². The Labute approximate surface area is 150 Å². The van der Waals surface area contributed by atoms with Crippen LogP contribution in [0.2, 0.25) is 10.0 Å². The first-order valence-electron chi connectivity index (χ1n) is 8.03. The van der Waals surface area contributed by atoms with Crippen molar-refractivity contribution in [2.75, 3.05) is 6.54 Å². The maximum atomic E-state index is 12.4. The molecule has 2 atom stereocenters. The zero-order chi connectivity index (χ0) is 17.4. The van der Waals surface area contributed by atoms with E-state index in [1.165, 1.54) is 18.6 Å². The molecule has 0 unspecified atom stereocenters. The van der Waals surface area contributed by atoms with Crippen molar-refractivity contribution in [2.24, 2.45) is 5.92 Å². The Kier molecular flexibility index (Phi) is 4.83. The molecule has 0 radical (unpaired) electrons. The van der Waals surface area contributed by atoms with Crippen LogP contribution in [-0.4, -0.2) is 35.2 Å². The SMILES string of the molecule is C[C@H]1CCCC[C@H]1NC(=O)CN1C(=O)c2cc(Cl)c(Cl)cc2C1=O. The average molecular weight is 369 g/mol. The number of nitrogens with one attached hydrogen (secondary N) is 1. The van der Waals surface area contributed by atoms with E-state index >= 15 is 0 Å². The number of rotatable bonds is 3. The van der Waals surface area contributed by atoms with Crippen LogP contribution in [0.15, 0.2) is 12.1 Å². The summed E-state index contributed by atoms with van der Waals surface area (Å²) in [5.74, 6) is -0.941. The molecule has 1 aliphatic carbocycles.